The Kier molecular flexibility index (Phi) is 4.18. The molecule has 0 aliphatic heterocycles. The van der Waals surface area contributed by atoms with Crippen molar-refractivity contribution >= 4 is 0 Å². The van der Waals surface area contributed by atoms with Gasteiger partial charge in [0.1, 0.15) is 0 Å². The lowest BCUT2D eigenvalue weighted by molar-refractivity contribution is -0.121. The highest BCUT2D eigenvalue weighted by atomic mass is 16.3. The lowest BCUT2D eigenvalue weighted by Crippen LogP contribution is -2.53. The van der Waals surface area contributed by atoms with Gasteiger partial charge in [-0.05, 0) is 113 Å². The maximum absolute atomic E-state index is 10.5. The summed E-state index contributed by atoms with van der Waals surface area (Å²) in [5, 5.41) is 10.5. The Labute approximate surface area is 149 Å². The van der Waals surface area contributed by atoms with Crippen LogP contribution in [-0.2, 0) is 0 Å². The maximum atomic E-state index is 10.5. The summed E-state index contributed by atoms with van der Waals surface area (Å²) >= 11 is 0. The summed E-state index contributed by atoms with van der Waals surface area (Å²) in [6.07, 6.45) is 13.4. The molecule has 1 nitrogen and oxygen atoms in total. The highest BCUT2D eigenvalue weighted by molar-refractivity contribution is 5.12. The van der Waals surface area contributed by atoms with E-state index >= 15 is 0 Å². The molecule has 4 rings (SSSR count). The number of allylic oxidation sites excluding steroid dienone is 1. The van der Waals surface area contributed by atoms with Gasteiger partial charge >= 0.3 is 0 Å². The molecule has 1 N–H and O–H groups in total. The van der Waals surface area contributed by atoms with Gasteiger partial charge in [-0.3, -0.25) is 0 Å². The minimum atomic E-state index is -0.382. The summed E-state index contributed by atoms with van der Waals surface area (Å²) in [4.78, 5) is 0. The van der Waals surface area contributed by atoms with Crippen LogP contribution < -0.4 is 0 Å². The summed E-state index contributed by atoms with van der Waals surface area (Å²) in [5.41, 5.74) is 1.59. The molecule has 0 amide bonds. The zero-order chi connectivity index (χ0) is 17.1. The molecule has 4 fully saturated rings. The number of hydrogen-bond acceptors (Lipinski definition) is 1. The average molecular weight is 331 g/mol. The van der Waals surface area contributed by atoms with Crippen LogP contribution >= 0.6 is 0 Å². The topological polar surface area (TPSA) is 20.2 Å². The predicted molar refractivity (Wildman–Crippen MR) is 101 cm³/mol. The minimum absolute atomic E-state index is 0.382. The van der Waals surface area contributed by atoms with Gasteiger partial charge in [0.2, 0.25) is 0 Å². The Balaban J connectivity index is 1.57. The second-order valence-electron chi connectivity index (χ2n) is 10.5. The van der Waals surface area contributed by atoms with Gasteiger partial charge in [0.15, 0.2) is 0 Å². The van der Waals surface area contributed by atoms with Gasteiger partial charge in [-0.25, -0.2) is 0 Å². The standard InChI is InChI=1S/C23H38O/c1-15(2)20-6-5-7-21-19-9-8-16-14-22(3,24)12-10-17(16)18(19)11-13-23(20,21)4/h16-21,24H,1,5-14H2,2-4H3/t16-,17+,18-,19-,20-,21+,22-,23-/m1/s1. The van der Waals surface area contributed by atoms with Gasteiger partial charge in [0.05, 0.1) is 5.60 Å². The molecule has 0 saturated heterocycles. The molecule has 0 aromatic heterocycles. The highest BCUT2D eigenvalue weighted by Gasteiger charge is 2.55. The van der Waals surface area contributed by atoms with Crippen molar-refractivity contribution in [1.82, 2.24) is 0 Å². The van der Waals surface area contributed by atoms with Gasteiger partial charge in [-0.1, -0.05) is 25.5 Å². The molecule has 8 atom stereocenters. The van der Waals surface area contributed by atoms with Gasteiger partial charge in [-0.2, -0.15) is 0 Å². The average Bonchev–Trinajstić information content (AvgIpc) is 2.51. The molecule has 1 heteroatoms. The van der Waals surface area contributed by atoms with E-state index < -0.39 is 0 Å². The first-order valence-electron chi connectivity index (χ1n) is 10.7. The van der Waals surface area contributed by atoms with E-state index in [0.717, 1.165) is 48.3 Å². The Morgan fingerprint density at radius 3 is 2.42 bits per heavy atom. The van der Waals surface area contributed by atoms with Crippen LogP contribution in [0, 0.1) is 40.9 Å². The largest absolute Gasteiger partial charge is 0.390 e. The van der Waals surface area contributed by atoms with E-state index in [0.29, 0.717) is 5.41 Å². The minimum Gasteiger partial charge on any atom is -0.390 e. The normalized spacial score (nSPS) is 54.3. The maximum Gasteiger partial charge on any atom is 0.0622 e. The lowest BCUT2D eigenvalue weighted by atomic mass is 9.44. The van der Waals surface area contributed by atoms with Crippen molar-refractivity contribution < 1.29 is 5.11 Å². The molecule has 4 saturated carbocycles. The highest BCUT2D eigenvalue weighted by Crippen LogP contribution is 2.64. The third-order valence-electron chi connectivity index (χ3n) is 9.07. The van der Waals surface area contributed by atoms with E-state index in [1.165, 1.54) is 56.9 Å². The van der Waals surface area contributed by atoms with Gasteiger partial charge < -0.3 is 5.11 Å². The van der Waals surface area contributed by atoms with Crippen molar-refractivity contribution in [2.45, 2.75) is 90.6 Å². The molecular formula is C23H38O. The molecule has 0 bridgehead atoms. The molecule has 4 aliphatic carbocycles. The van der Waals surface area contributed by atoms with Crippen LogP contribution in [0.5, 0.6) is 0 Å². The monoisotopic (exact) mass is 330 g/mol. The Morgan fingerprint density at radius 2 is 1.67 bits per heavy atom. The first kappa shape index (κ1) is 17.1. The number of rotatable bonds is 1. The fourth-order valence-electron chi connectivity index (χ4n) is 8.09. The molecule has 0 radical (unpaired) electrons. The Bertz CT molecular complexity index is 506. The smallest absolute Gasteiger partial charge is 0.0622 e. The Hall–Kier alpha value is -0.300. The summed E-state index contributed by atoms with van der Waals surface area (Å²) in [6.45, 7) is 11.3. The quantitative estimate of drug-likeness (QED) is 0.587. The number of fused-ring (bicyclic) bond motifs is 5. The fourth-order valence-corrected chi connectivity index (χ4v) is 8.09. The van der Waals surface area contributed by atoms with Crippen molar-refractivity contribution in [3.05, 3.63) is 12.2 Å². The molecule has 24 heavy (non-hydrogen) atoms. The van der Waals surface area contributed by atoms with Crippen molar-refractivity contribution in [2.75, 3.05) is 0 Å². The second-order valence-corrected chi connectivity index (χ2v) is 10.5. The molecule has 0 heterocycles. The van der Waals surface area contributed by atoms with Crippen molar-refractivity contribution in [2.24, 2.45) is 40.9 Å². The second kappa shape index (κ2) is 5.86. The van der Waals surface area contributed by atoms with Gasteiger partial charge in [0, 0.05) is 0 Å². The molecule has 0 aromatic rings. The van der Waals surface area contributed by atoms with E-state index in [1.807, 2.05) is 0 Å². The van der Waals surface area contributed by atoms with Crippen LogP contribution in [-0.4, -0.2) is 10.7 Å². The van der Waals surface area contributed by atoms with Crippen molar-refractivity contribution in [1.29, 1.82) is 0 Å². The van der Waals surface area contributed by atoms with Gasteiger partial charge in [0.25, 0.3) is 0 Å². The fraction of sp³-hybridized carbons (Fsp3) is 0.913. The van der Waals surface area contributed by atoms with Crippen LogP contribution in [0.3, 0.4) is 0 Å². The molecule has 4 aliphatic rings. The molecule has 0 spiro atoms. The summed E-state index contributed by atoms with van der Waals surface area (Å²) in [5.74, 6) is 5.35. The van der Waals surface area contributed by atoms with Gasteiger partial charge in [-0.15, -0.1) is 0 Å². The van der Waals surface area contributed by atoms with E-state index in [1.54, 1.807) is 0 Å². The number of aliphatic hydroxyl groups is 1. The molecular weight excluding hydrogens is 292 g/mol. The third kappa shape index (κ3) is 2.61. The van der Waals surface area contributed by atoms with Crippen molar-refractivity contribution in [3.63, 3.8) is 0 Å². The zero-order valence-corrected chi connectivity index (χ0v) is 16.2. The van der Waals surface area contributed by atoms with E-state index in [-0.39, 0.29) is 5.60 Å². The van der Waals surface area contributed by atoms with E-state index in [2.05, 4.69) is 27.4 Å². The Morgan fingerprint density at radius 1 is 0.917 bits per heavy atom. The SMILES string of the molecule is C=C(C)[C@H]1CCC[C@H]2[C@@H]3CC[C@@H]4C[C@](C)(O)CC[C@@H]4[C@H]3CC[C@]12C. The summed E-state index contributed by atoms with van der Waals surface area (Å²) in [7, 11) is 0. The first-order valence-corrected chi connectivity index (χ1v) is 10.7. The van der Waals surface area contributed by atoms with Crippen LogP contribution in [0.25, 0.3) is 0 Å². The van der Waals surface area contributed by atoms with Crippen LogP contribution in [0.15, 0.2) is 12.2 Å². The molecule has 0 unspecified atom stereocenters. The van der Waals surface area contributed by atoms with Crippen LogP contribution in [0.1, 0.15) is 85.0 Å². The first-order chi connectivity index (χ1) is 11.3. The molecule has 0 aromatic carbocycles. The van der Waals surface area contributed by atoms with Crippen molar-refractivity contribution in [3.8, 4) is 0 Å². The zero-order valence-electron chi connectivity index (χ0n) is 16.2. The number of hydrogen-bond donors (Lipinski definition) is 1. The summed E-state index contributed by atoms with van der Waals surface area (Å²) < 4.78 is 0. The van der Waals surface area contributed by atoms with Crippen LogP contribution in [0.4, 0.5) is 0 Å². The predicted octanol–water partition coefficient (Wildman–Crippen LogP) is 5.97. The van der Waals surface area contributed by atoms with E-state index in [4.69, 9.17) is 0 Å². The van der Waals surface area contributed by atoms with Crippen LogP contribution in [0.2, 0.25) is 0 Å². The third-order valence-corrected chi connectivity index (χ3v) is 9.07. The summed E-state index contributed by atoms with van der Waals surface area (Å²) in [6, 6.07) is 0. The van der Waals surface area contributed by atoms with E-state index in [9.17, 15) is 5.11 Å². The molecule has 136 valence electrons. The lowest BCUT2D eigenvalue weighted by Gasteiger charge is -2.61.